The second-order valence-corrected chi connectivity index (χ2v) is 6.64. The van der Waals surface area contributed by atoms with Gasteiger partial charge in [0.25, 0.3) is 0 Å². The molecule has 0 aromatic carbocycles. The fraction of sp³-hybridized carbons (Fsp3) is 0.714. The van der Waals surface area contributed by atoms with Gasteiger partial charge in [-0.2, -0.15) is 0 Å². The Morgan fingerprint density at radius 2 is 1.95 bits per heavy atom. The molecule has 0 aromatic heterocycles. The summed E-state index contributed by atoms with van der Waals surface area (Å²) >= 11 is 4.01. The summed E-state index contributed by atoms with van der Waals surface area (Å²) in [5, 5.41) is 0. The van der Waals surface area contributed by atoms with Crippen molar-refractivity contribution < 1.29 is 9.31 Å². The lowest BCUT2D eigenvalue weighted by atomic mass is 9.68. The Balaban J connectivity index is 1.94. The summed E-state index contributed by atoms with van der Waals surface area (Å²) in [6.45, 7) is 9.27. The summed E-state index contributed by atoms with van der Waals surface area (Å²) in [5.74, 6) is 0.314. The molecule has 106 valence electrons. The summed E-state index contributed by atoms with van der Waals surface area (Å²) < 4.78 is 15.1. The fourth-order valence-electron chi connectivity index (χ4n) is 2.33. The Morgan fingerprint density at radius 3 is 2.42 bits per heavy atom. The summed E-state index contributed by atoms with van der Waals surface area (Å²) in [6, 6.07) is 0. The van der Waals surface area contributed by atoms with E-state index in [1.165, 1.54) is 5.57 Å². The van der Waals surface area contributed by atoms with Crippen LogP contribution in [0.3, 0.4) is 0 Å². The topological polar surface area (TPSA) is 30.5 Å². The Morgan fingerprint density at radius 1 is 1.32 bits per heavy atom. The van der Waals surface area contributed by atoms with E-state index >= 15 is 0 Å². The Hall–Kier alpha value is -0.225. The molecular weight excluding hydrogens is 257 g/mol. The van der Waals surface area contributed by atoms with Gasteiger partial charge in [-0.05, 0) is 40.5 Å². The normalized spacial score (nSPS) is 28.6. The first kappa shape index (κ1) is 15.2. The molecule has 1 saturated heterocycles. The molecule has 1 heterocycles. The van der Waals surface area contributed by atoms with Crippen molar-refractivity contribution >= 4 is 19.9 Å². The van der Waals surface area contributed by atoms with Gasteiger partial charge in [0.15, 0.2) is 0 Å². The molecule has 0 bridgehead atoms. The van der Waals surface area contributed by atoms with Crippen molar-refractivity contribution in [2.24, 2.45) is 0 Å². The third-order valence-electron chi connectivity index (χ3n) is 4.36. The van der Waals surface area contributed by atoms with Crippen LogP contribution >= 0.6 is 12.8 Å². The quantitative estimate of drug-likeness (QED) is 0.613. The highest BCUT2D eigenvalue weighted by Crippen LogP contribution is 2.42. The average molecular weight is 281 g/mol. The van der Waals surface area contributed by atoms with Gasteiger partial charge in [0.05, 0.1) is 11.2 Å². The van der Waals surface area contributed by atoms with Crippen molar-refractivity contribution in [1.29, 1.82) is 0 Å². The van der Waals surface area contributed by atoms with Gasteiger partial charge in [0, 0.05) is 12.4 Å². The van der Waals surface area contributed by atoms with E-state index in [9.17, 15) is 0 Å². The molecule has 1 aliphatic heterocycles. The van der Waals surface area contributed by atoms with Gasteiger partial charge in [-0.15, -0.1) is 0 Å². The first-order chi connectivity index (χ1) is 8.86. The SMILES string of the molecule is CC1(C)OB(C2C=CC(CCNS)=CC2)OC1(C)C. The van der Waals surface area contributed by atoms with E-state index in [0.29, 0.717) is 5.82 Å². The molecule has 2 aliphatic rings. The Bertz CT molecular complexity index is 377. The summed E-state index contributed by atoms with van der Waals surface area (Å²) in [5.41, 5.74) is 0.867. The third-order valence-corrected chi connectivity index (χ3v) is 4.58. The van der Waals surface area contributed by atoms with Crippen molar-refractivity contribution in [3.8, 4) is 0 Å². The predicted molar refractivity (Wildman–Crippen MR) is 83.3 cm³/mol. The largest absolute Gasteiger partial charge is 0.465 e. The van der Waals surface area contributed by atoms with Crippen molar-refractivity contribution in [3.05, 3.63) is 23.8 Å². The number of rotatable bonds is 4. The first-order valence-electron chi connectivity index (χ1n) is 6.95. The second kappa shape index (κ2) is 5.64. The van der Waals surface area contributed by atoms with Gasteiger partial charge in [-0.3, -0.25) is 4.72 Å². The lowest BCUT2D eigenvalue weighted by Gasteiger charge is -2.32. The number of allylic oxidation sites excluding steroid dienone is 3. The molecule has 2 rings (SSSR count). The van der Waals surface area contributed by atoms with Crippen molar-refractivity contribution in [1.82, 2.24) is 4.72 Å². The molecule has 1 unspecified atom stereocenters. The van der Waals surface area contributed by atoms with Crippen molar-refractivity contribution in [2.45, 2.75) is 57.6 Å². The van der Waals surface area contributed by atoms with E-state index in [2.05, 4.69) is 63.5 Å². The zero-order valence-corrected chi connectivity index (χ0v) is 13.2. The monoisotopic (exact) mass is 281 g/mol. The minimum atomic E-state index is -0.245. The van der Waals surface area contributed by atoms with Crippen LogP contribution in [0.4, 0.5) is 0 Å². The zero-order valence-electron chi connectivity index (χ0n) is 12.3. The molecule has 1 N–H and O–H groups in total. The van der Waals surface area contributed by atoms with Gasteiger partial charge in [-0.25, -0.2) is 0 Å². The minimum absolute atomic E-state index is 0.137. The van der Waals surface area contributed by atoms with E-state index in [4.69, 9.17) is 9.31 Å². The molecule has 0 saturated carbocycles. The highest BCUT2D eigenvalue weighted by atomic mass is 32.1. The molecule has 1 atom stereocenters. The highest BCUT2D eigenvalue weighted by Gasteiger charge is 2.53. The van der Waals surface area contributed by atoms with Crippen LogP contribution in [-0.4, -0.2) is 24.9 Å². The van der Waals surface area contributed by atoms with Gasteiger partial charge in [0.2, 0.25) is 0 Å². The van der Waals surface area contributed by atoms with E-state index in [1.54, 1.807) is 0 Å². The molecule has 1 fully saturated rings. The Labute approximate surface area is 122 Å². The van der Waals surface area contributed by atoms with Crippen LogP contribution in [-0.2, 0) is 9.31 Å². The fourth-order valence-corrected chi connectivity index (χ4v) is 2.44. The molecule has 3 nitrogen and oxygen atoms in total. The molecule has 0 amide bonds. The van der Waals surface area contributed by atoms with E-state index in [0.717, 1.165) is 19.4 Å². The Kier molecular flexibility index (Phi) is 4.50. The molecular formula is C14H24BNO2S. The van der Waals surface area contributed by atoms with Crippen LogP contribution in [0.2, 0.25) is 5.82 Å². The first-order valence-corrected chi connectivity index (χ1v) is 7.40. The predicted octanol–water partition coefficient (Wildman–Crippen LogP) is 3.16. The number of hydrogen-bond donors (Lipinski definition) is 2. The molecule has 0 aromatic rings. The zero-order chi connectivity index (χ0) is 14.1. The molecule has 0 radical (unpaired) electrons. The van der Waals surface area contributed by atoms with Gasteiger partial charge < -0.3 is 9.31 Å². The maximum Gasteiger partial charge on any atom is 0.465 e. The minimum Gasteiger partial charge on any atom is -0.403 e. The highest BCUT2D eigenvalue weighted by molar-refractivity contribution is 7.78. The average Bonchev–Trinajstić information content (AvgIpc) is 2.56. The van der Waals surface area contributed by atoms with Crippen LogP contribution in [0.25, 0.3) is 0 Å². The number of nitrogens with one attached hydrogen (secondary N) is 1. The van der Waals surface area contributed by atoms with Gasteiger partial charge in [-0.1, -0.05) is 36.6 Å². The number of thiol groups is 1. The maximum atomic E-state index is 6.09. The molecule has 0 spiro atoms. The molecule has 5 heteroatoms. The lowest BCUT2D eigenvalue weighted by molar-refractivity contribution is 0.00578. The van der Waals surface area contributed by atoms with Gasteiger partial charge in [0.1, 0.15) is 0 Å². The molecule has 1 aliphatic carbocycles. The summed E-state index contributed by atoms with van der Waals surface area (Å²) in [7, 11) is -0.137. The van der Waals surface area contributed by atoms with Crippen LogP contribution in [0.5, 0.6) is 0 Å². The summed E-state index contributed by atoms with van der Waals surface area (Å²) in [6.07, 6.45) is 8.67. The van der Waals surface area contributed by atoms with Crippen LogP contribution in [0, 0.1) is 0 Å². The second-order valence-electron chi connectivity index (χ2n) is 6.32. The lowest BCUT2D eigenvalue weighted by Crippen LogP contribution is -2.41. The third kappa shape index (κ3) is 3.27. The van der Waals surface area contributed by atoms with Crippen molar-refractivity contribution in [3.63, 3.8) is 0 Å². The van der Waals surface area contributed by atoms with Crippen molar-refractivity contribution in [2.75, 3.05) is 6.54 Å². The van der Waals surface area contributed by atoms with Crippen LogP contribution < -0.4 is 4.72 Å². The smallest absolute Gasteiger partial charge is 0.403 e. The van der Waals surface area contributed by atoms with E-state index in [1.807, 2.05) is 0 Å². The standard InChI is InChI=1S/C14H24BNO2S/c1-13(2)14(3,4)18-15(17-13)12-7-5-11(6-8-12)9-10-16-19/h5-7,12,16,19H,8-10H2,1-4H3. The summed E-state index contributed by atoms with van der Waals surface area (Å²) in [4.78, 5) is 0. The maximum absolute atomic E-state index is 6.09. The van der Waals surface area contributed by atoms with E-state index < -0.39 is 0 Å². The molecule has 19 heavy (non-hydrogen) atoms. The number of hydrogen-bond acceptors (Lipinski definition) is 4. The van der Waals surface area contributed by atoms with Crippen LogP contribution in [0.15, 0.2) is 23.8 Å². The van der Waals surface area contributed by atoms with E-state index in [-0.39, 0.29) is 18.3 Å². The van der Waals surface area contributed by atoms with Crippen LogP contribution in [0.1, 0.15) is 40.5 Å². The van der Waals surface area contributed by atoms with Gasteiger partial charge >= 0.3 is 7.12 Å².